The zero-order chi connectivity index (χ0) is 23.4. The molecule has 1 aliphatic heterocycles. The molecule has 2 aromatic carbocycles. The fourth-order valence-corrected chi connectivity index (χ4v) is 4.58. The fraction of sp³-hybridized carbons (Fsp3) is 0.462. The van der Waals surface area contributed by atoms with E-state index in [0.29, 0.717) is 35.4 Å². The van der Waals surface area contributed by atoms with Crippen LogP contribution >= 0.6 is 0 Å². The van der Waals surface area contributed by atoms with Gasteiger partial charge in [-0.05, 0) is 77.5 Å². The summed E-state index contributed by atoms with van der Waals surface area (Å²) in [4.78, 5) is 25.3. The van der Waals surface area contributed by atoms with Crippen molar-refractivity contribution in [3.63, 3.8) is 0 Å². The second-order valence-electron chi connectivity index (χ2n) is 9.96. The van der Waals surface area contributed by atoms with Crippen molar-refractivity contribution in [2.45, 2.75) is 78.1 Å². The van der Waals surface area contributed by atoms with E-state index in [0.717, 1.165) is 28.7 Å². The number of nitrogens with one attached hydrogen (secondary N) is 1. The number of aryl methyl sites for hydroxylation is 1. The van der Waals surface area contributed by atoms with E-state index >= 15 is 0 Å². The summed E-state index contributed by atoms with van der Waals surface area (Å²) in [5.74, 6) is -0.605. The Hall–Kier alpha value is -2.86. The molecule has 2 aromatic rings. The second-order valence-corrected chi connectivity index (χ2v) is 9.96. The molecule has 0 aromatic heterocycles. The first-order valence-corrected chi connectivity index (χ1v) is 11.1. The third-order valence-electron chi connectivity index (χ3n) is 6.40. The highest BCUT2D eigenvalue weighted by Crippen LogP contribution is 2.51. The number of carboxylic acid groups (broad SMARTS) is 1. The van der Waals surface area contributed by atoms with Gasteiger partial charge in [-0.2, -0.15) is 0 Å². The van der Waals surface area contributed by atoms with E-state index in [2.05, 4.69) is 5.32 Å². The molecule has 1 fully saturated rings. The quantitative estimate of drug-likeness (QED) is 0.662. The molecule has 32 heavy (non-hydrogen) atoms. The SMILES string of the molecule is Cc1ccc(-c2c(C)c3c(c(C)c2[C@H](OC(C)(C)C)C(=O)O)NC(=O)C2(CCC2)O3)cc1. The van der Waals surface area contributed by atoms with E-state index < -0.39 is 23.3 Å². The minimum absolute atomic E-state index is 0.156. The Morgan fingerprint density at radius 1 is 1.12 bits per heavy atom. The van der Waals surface area contributed by atoms with Crippen molar-refractivity contribution < 1.29 is 24.2 Å². The normalized spacial score (nSPS) is 17.8. The molecule has 6 heteroatoms. The minimum atomic E-state index is -1.20. The van der Waals surface area contributed by atoms with Gasteiger partial charge in [0.15, 0.2) is 11.7 Å². The number of amides is 1. The lowest BCUT2D eigenvalue weighted by atomic mass is 9.77. The predicted molar refractivity (Wildman–Crippen MR) is 123 cm³/mol. The molecule has 4 rings (SSSR count). The predicted octanol–water partition coefficient (Wildman–Crippen LogP) is 5.47. The van der Waals surface area contributed by atoms with Crippen LogP contribution in [0.15, 0.2) is 24.3 Å². The number of fused-ring (bicyclic) bond motifs is 1. The number of anilines is 1. The van der Waals surface area contributed by atoms with Crippen LogP contribution in [0.4, 0.5) is 5.69 Å². The first-order chi connectivity index (χ1) is 14.9. The standard InChI is InChI=1S/C26H31NO5/c1-14-8-10-17(11-9-14)18-16(3)21-20(27-24(30)26(32-21)12-7-13-26)15(2)19(18)22(23(28)29)31-25(4,5)6/h8-11,22H,7,12-13H2,1-6H3,(H,27,30)(H,28,29)/t22-/m0/s1. The number of carboxylic acids is 1. The van der Waals surface area contributed by atoms with E-state index in [-0.39, 0.29) is 5.91 Å². The molecule has 6 nitrogen and oxygen atoms in total. The lowest BCUT2D eigenvalue weighted by molar-refractivity contribution is -0.160. The van der Waals surface area contributed by atoms with Crippen molar-refractivity contribution in [3.8, 4) is 16.9 Å². The number of rotatable bonds is 4. The van der Waals surface area contributed by atoms with Gasteiger partial charge >= 0.3 is 5.97 Å². The molecule has 0 unspecified atom stereocenters. The third kappa shape index (κ3) is 3.66. The third-order valence-corrected chi connectivity index (χ3v) is 6.40. The molecule has 2 aliphatic rings. The smallest absolute Gasteiger partial charge is 0.337 e. The van der Waals surface area contributed by atoms with Gasteiger partial charge in [-0.25, -0.2) is 4.79 Å². The van der Waals surface area contributed by atoms with Crippen molar-refractivity contribution in [2.24, 2.45) is 0 Å². The van der Waals surface area contributed by atoms with E-state index in [1.165, 1.54) is 0 Å². The number of hydrogen-bond donors (Lipinski definition) is 2. The van der Waals surface area contributed by atoms with Gasteiger partial charge in [-0.1, -0.05) is 29.8 Å². The number of aliphatic carboxylic acids is 1. The summed E-state index contributed by atoms with van der Waals surface area (Å²) in [6.45, 7) is 11.3. The summed E-state index contributed by atoms with van der Waals surface area (Å²) in [5.41, 5.74) is 3.83. The Bertz CT molecular complexity index is 1090. The number of carbonyl (C=O) groups is 2. The van der Waals surface area contributed by atoms with Crippen molar-refractivity contribution in [2.75, 3.05) is 5.32 Å². The first-order valence-electron chi connectivity index (χ1n) is 11.1. The lowest BCUT2D eigenvalue weighted by Gasteiger charge is -2.45. The maximum atomic E-state index is 12.9. The zero-order valence-corrected chi connectivity index (χ0v) is 19.6. The second kappa shape index (κ2) is 7.62. The Kier molecular flexibility index (Phi) is 5.32. The van der Waals surface area contributed by atoms with E-state index in [1.54, 1.807) is 0 Å². The Balaban J connectivity index is 2.00. The molecule has 1 atom stereocenters. The molecule has 1 saturated carbocycles. The van der Waals surface area contributed by atoms with Gasteiger partial charge in [0.1, 0.15) is 5.75 Å². The number of hydrogen-bond acceptors (Lipinski definition) is 4. The van der Waals surface area contributed by atoms with Gasteiger partial charge in [-0.15, -0.1) is 0 Å². The van der Waals surface area contributed by atoms with Crippen molar-refractivity contribution in [1.29, 1.82) is 0 Å². The summed E-state index contributed by atoms with van der Waals surface area (Å²) < 4.78 is 12.4. The maximum Gasteiger partial charge on any atom is 0.337 e. The molecule has 1 spiro atoms. The molecule has 1 amide bonds. The van der Waals surface area contributed by atoms with Crippen LogP contribution in [0.1, 0.15) is 68.4 Å². The average molecular weight is 438 g/mol. The zero-order valence-electron chi connectivity index (χ0n) is 19.6. The van der Waals surface area contributed by atoms with Crippen LogP contribution in [0, 0.1) is 20.8 Å². The molecule has 0 bridgehead atoms. The van der Waals surface area contributed by atoms with Gasteiger partial charge < -0.3 is 19.9 Å². The van der Waals surface area contributed by atoms with Crippen LogP contribution in [0.25, 0.3) is 11.1 Å². The number of carbonyl (C=O) groups excluding carboxylic acids is 1. The monoisotopic (exact) mass is 437 g/mol. The molecule has 0 saturated heterocycles. The molecule has 170 valence electrons. The molecular formula is C26H31NO5. The summed E-state index contributed by atoms with van der Waals surface area (Å²) in [6.07, 6.45) is 1.11. The Morgan fingerprint density at radius 3 is 2.25 bits per heavy atom. The summed E-state index contributed by atoms with van der Waals surface area (Å²) >= 11 is 0. The van der Waals surface area contributed by atoms with Gasteiger partial charge in [0.05, 0.1) is 11.3 Å². The van der Waals surface area contributed by atoms with Crippen LogP contribution in [0.3, 0.4) is 0 Å². The summed E-state index contributed by atoms with van der Waals surface area (Å²) in [5, 5.41) is 13.2. The van der Waals surface area contributed by atoms with Crippen LogP contribution in [0.5, 0.6) is 5.75 Å². The topological polar surface area (TPSA) is 84.9 Å². The highest BCUT2D eigenvalue weighted by atomic mass is 16.5. The minimum Gasteiger partial charge on any atom is -0.479 e. The van der Waals surface area contributed by atoms with Gasteiger partial charge in [-0.3, -0.25) is 4.79 Å². The molecular weight excluding hydrogens is 406 g/mol. The summed E-state index contributed by atoms with van der Waals surface area (Å²) in [7, 11) is 0. The largest absolute Gasteiger partial charge is 0.479 e. The highest BCUT2D eigenvalue weighted by molar-refractivity contribution is 6.04. The molecule has 1 aliphatic carbocycles. The van der Waals surface area contributed by atoms with Gasteiger partial charge in [0, 0.05) is 11.1 Å². The highest BCUT2D eigenvalue weighted by Gasteiger charge is 2.51. The van der Waals surface area contributed by atoms with Crippen molar-refractivity contribution >= 4 is 17.6 Å². The van der Waals surface area contributed by atoms with E-state index in [9.17, 15) is 14.7 Å². The number of ether oxygens (including phenoxy) is 2. The molecule has 2 N–H and O–H groups in total. The van der Waals surface area contributed by atoms with Crippen LogP contribution in [-0.2, 0) is 14.3 Å². The first kappa shape index (κ1) is 22.3. The van der Waals surface area contributed by atoms with Gasteiger partial charge in [0.25, 0.3) is 5.91 Å². The average Bonchev–Trinajstić information content (AvgIpc) is 2.67. The van der Waals surface area contributed by atoms with Crippen LogP contribution in [-0.4, -0.2) is 28.2 Å². The Labute approximate surface area is 188 Å². The molecule has 1 heterocycles. The van der Waals surface area contributed by atoms with Crippen molar-refractivity contribution in [1.82, 2.24) is 0 Å². The molecule has 0 radical (unpaired) electrons. The Morgan fingerprint density at radius 2 is 1.75 bits per heavy atom. The van der Waals surface area contributed by atoms with E-state index in [1.807, 2.05) is 65.8 Å². The number of benzene rings is 2. The van der Waals surface area contributed by atoms with E-state index in [4.69, 9.17) is 9.47 Å². The van der Waals surface area contributed by atoms with Crippen LogP contribution < -0.4 is 10.1 Å². The lowest BCUT2D eigenvalue weighted by Crippen LogP contribution is -2.56. The summed E-state index contributed by atoms with van der Waals surface area (Å²) in [6, 6.07) is 7.99. The fourth-order valence-electron chi connectivity index (χ4n) is 4.58. The van der Waals surface area contributed by atoms with Gasteiger partial charge in [0.2, 0.25) is 0 Å². The van der Waals surface area contributed by atoms with Crippen molar-refractivity contribution in [3.05, 3.63) is 46.5 Å². The maximum absolute atomic E-state index is 12.9. The van der Waals surface area contributed by atoms with Crippen LogP contribution in [0.2, 0.25) is 0 Å².